The van der Waals surface area contributed by atoms with E-state index in [1.807, 2.05) is 0 Å². The number of hydrogen-bond donors (Lipinski definition) is 1. The van der Waals surface area contributed by atoms with Crippen LogP contribution in [0.15, 0.2) is 0 Å². The van der Waals surface area contributed by atoms with Gasteiger partial charge in [0.05, 0.1) is 6.07 Å². The van der Waals surface area contributed by atoms with E-state index in [9.17, 15) is 4.79 Å². The largest absolute Gasteiger partial charge is 0.481 e. The van der Waals surface area contributed by atoms with Crippen molar-refractivity contribution < 1.29 is 9.90 Å². The van der Waals surface area contributed by atoms with Gasteiger partial charge in [-0.2, -0.15) is 5.26 Å². The summed E-state index contributed by atoms with van der Waals surface area (Å²) in [5, 5.41) is 17.2. The van der Waals surface area contributed by atoms with Gasteiger partial charge in [0.2, 0.25) is 0 Å². The molecule has 0 aromatic carbocycles. The van der Waals surface area contributed by atoms with Crippen molar-refractivity contribution in [3.8, 4) is 6.07 Å². The van der Waals surface area contributed by atoms with Crippen molar-refractivity contribution in [2.24, 2.45) is 11.3 Å². The fourth-order valence-electron chi connectivity index (χ4n) is 1.94. The number of carbonyl (C=O) groups is 1. The maximum Gasteiger partial charge on any atom is 0.303 e. The molecule has 0 spiro atoms. The molecular weight excluding hydrogens is 214 g/mol. The normalized spacial score (nSPS) is 15.9. The first kappa shape index (κ1) is 16.0. The minimum absolute atomic E-state index is 0.138. The molecule has 0 radical (unpaired) electrons. The fraction of sp³-hybridized carbons (Fsp3) is 0.857. The van der Waals surface area contributed by atoms with Gasteiger partial charge in [0.15, 0.2) is 0 Å². The molecular formula is C14H25NO2. The van der Waals surface area contributed by atoms with Crippen LogP contribution < -0.4 is 0 Å². The van der Waals surface area contributed by atoms with Crippen LogP contribution in [0.5, 0.6) is 0 Å². The molecule has 0 heterocycles. The van der Waals surface area contributed by atoms with Gasteiger partial charge in [-0.3, -0.25) is 4.79 Å². The third kappa shape index (κ3) is 7.79. The van der Waals surface area contributed by atoms with E-state index in [0.29, 0.717) is 12.3 Å². The Labute approximate surface area is 105 Å². The molecule has 0 amide bonds. The van der Waals surface area contributed by atoms with Gasteiger partial charge in [-0.1, -0.05) is 33.6 Å². The Hall–Kier alpha value is -1.04. The van der Waals surface area contributed by atoms with Gasteiger partial charge < -0.3 is 5.11 Å². The van der Waals surface area contributed by atoms with Gasteiger partial charge in [-0.25, -0.2) is 0 Å². The summed E-state index contributed by atoms with van der Waals surface area (Å²) in [5.74, 6) is -0.146. The van der Waals surface area contributed by atoms with Gasteiger partial charge in [0.1, 0.15) is 0 Å². The van der Waals surface area contributed by atoms with Gasteiger partial charge >= 0.3 is 5.97 Å². The fourth-order valence-corrected chi connectivity index (χ4v) is 1.94. The first-order valence-corrected chi connectivity index (χ1v) is 6.52. The van der Waals surface area contributed by atoms with E-state index >= 15 is 0 Å². The summed E-state index contributed by atoms with van der Waals surface area (Å²) in [5.41, 5.74) is 0.138. The van der Waals surface area contributed by atoms with Crippen LogP contribution in [0, 0.1) is 22.7 Å². The van der Waals surface area contributed by atoms with Crippen LogP contribution in [0.1, 0.15) is 65.7 Å². The molecule has 3 nitrogen and oxygen atoms in total. The van der Waals surface area contributed by atoms with Crippen LogP contribution in [0.4, 0.5) is 0 Å². The van der Waals surface area contributed by atoms with Gasteiger partial charge in [0.25, 0.3) is 0 Å². The smallest absolute Gasteiger partial charge is 0.303 e. The maximum absolute atomic E-state index is 10.6. The van der Waals surface area contributed by atoms with Crippen LogP contribution in [-0.4, -0.2) is 11.1 Å². The Morgan fingerprint density at radius 2 is 2.06 bits per heavy atom. The molecule has 0 aromatic heterocycles. The lowest BCUT2D eigenvalue weighted by atomic mass is 9.77. The van der Waals surface area contributed by atoms with Crippen molar-refractivity contribution in [3.63, 3.8) is 0 Å². The number of aliphatic carboxylic acids is 1. The molecule has 0 bridgehead atoms. The maximum atomic E-state index is 10.6. The van der Waals surface area contributed by atoms with Crippen molar-refractivity contribution in [1.82, 2.24) is 0 Å². The summed E-state index contributed by atoms with van der Waals surface area (Å²) < 4.78 is 0. The summed E-state index contributed by atoms with van der Waals surface area (Å²) >= 11 is 0. The second-order valence-corrected chi connectivity index (χ2v) is 5.40. The Kier molecular flexibility index (Phi) is 7.61. The number of carboxylic acids is 1. The van der Waals surface area contributed by atoms with E-state index in [4.69, 9.17) is 10.4 Å². The Balaban J connectivity index is 4.02. The quantitative estimate of drug-likeness (QED) is 0.661. The Bertz CT molecular complexity index is 270. The molecule has 0 rings (SSSR count). The summed E-state index contributed by atoms with van der Waals surface area (Å²) in [7, 11) is 0. The highest BCUT2D eigenvalue weighted by Gasteiger charge is 2.23. The van der Waals surface area contributed by atoms with Crippen molar-refractivity contribution in [3.05, 3.63) is 0 Å². The van der Waals surface area contributed by atoms with Crippen LogP contribution in [0.3, 0.4) is 0 Å². The van der Waals surface area contributed by atoms with Gasteiger partial charge in [0, 0.05) is 12.8 Å². The zero-order valence-electron chi connectivity index (χ0n) is 11.3. The number of nitrogens with zero attached hydrogens (tertiary/aromatic N) is 1. The average molecular weight is 239 g/mol. The molecule has 98 valence electrons. The number of nitriles is 1. The molecule has 0 aliphatic rings. The lowest BCUT2D eigenvalue weighted by Gasteiger charge is -2.29. The van der Waals surface area contributed by atoms with Gasteiger partial charge in [-0.15, -0.1) is 0 Å². The topological polar surface area (TPSA) is 61.1 Å². The van der Waals surface area contributed by atoms with E-state index in [0.717, 1.165) is 32.1 Å². The zero-order chi connectivity index (χ0) is 13.3. The highest BCUT2D eigenvalue weighted by atomic mass is 16.4. The molecule has 17 heavy (non-hydrogen) atoms. The predicted octanol–water partition coefficient (Wildman–Crippen LogP) is 3.99. The van der Waals surface area contributed by atoms with E-state index in [-0.39, 0.29) is 11.8 Å². The summed E-state index contributed by atoms with van der Waals surface area (Å²) in [6, 6.07) is 2.17. The Morgan fingerprint density at radius 3 is 2.53 bits per heavy atom. The molecule has 0 aliphatic carbocycles. The molecule has 0 saturated heterocycles. The molecule has 1 N–H and O–H groups in total. The van der Waals surface area contributed by atoms with Crippen molar-refractivity contribution in [2.75, 3.05) is 0 Å². The number of carboxylic acid groups (broad SMARTS) is 1. The molecule has 3 heteroatoms. The highest BCUT2D eigenvalue weighted by Crippen LogP contribution is 2.34. The first-order chi connectivity index (χ1) is 7.93. The lowest BCUT2D eigenvalue weighted by Crippen LogP contribution is -2.18. The molecule has 2 unspecified atom stereocenters. The standard InChI is InChI=1S/C14H25NO2/c1-4-14(3,10-8-13(16)17)9-7-12(2)6-5-11-15/h12H,4-10H2,1-3H3,(H,16,17). The third-order valence-electron chi connectivity index (χ3n) is 3.79. The Morgan fingerprint density at radius 1 is 1.41 bits per heavy atom. The summed E-state index contributed by atoms with van der Waals surface area (Å²) in [6.45, 7) is 6.47. The predicted molar refractivity (Wildman–Crippen MR) is 68.5 cm³/mol. The van der Waals surface area contributed by atoms with Gasteiger partial charge in [-0.05, 0) is 30.6 Å². The van der Waals surface area contributed by atoms with Crippen LogP contribution in [0.2, 0.25) is 0 Å². The summed E-state index contributed by atoms with van der Waals surface area (Å²) in [4.78, 5) is 10.6. The van der Waals surface area contributed by atoms with Crippen molar-refractivity contribution in [2.45, 2.75) is 65.7 Å². The van der Waals surface area contributed by atoms with E-state index < -0.39 is 5.97 Å². The average Bonchev–Trinajstić information content (AvgIpc) is 2.31. The second-order valence-electron chi connectivity index (χ2n) is 5.40. The second kappa shape index (κ2) is 8.11. The minimum atomic E-state index is -0.706. The molecule has 0 fully saturated rings. The lowest BCUT2D eigenvalue weighted by molar-refractivity contribution is -0.137. The number of hydrogen-bond acceptors (Lipinski definition) is 2. The van der Waals surface area contributed by atoms with E-state index in [2.05, 4.69) is 26.8 Å². The number of rotatable bonds is 9. The monoisotopic (exact) mass is 239 g/mol. The highest BCUT2D eigenvalue weighted by molar-refractivity contribution is 5.66. The summed E-state index contributed by atoms with van der Waals surface area (Å²) in [6.07, 6.45) is 5.76. The molecule has 2 atom stereocenters. The van der Waals surface area contributed by atoms with Crippen LogP contribution in [0.25, 0.3) is 0 Å². The van der Waals surface area contributed by atoms with Crippen molar-refractivity contribution in [1.29, 1.82) is 5.26 Å². The third-order valence-corrected chi connectivity index (χ3v) is 3.79. The van der Waals surface area contributed by atoms with E-state index in [1.165, 1.54) is 0 Å². The van der Waals surface area contributed by atoms with E-state index in [1.54, 1.807) is 0 Å². The minimum Gasteiger partial charge on any atom is -0.481 e. The first-order valence-electron chi connectivity index (χ1n) is 6.52. The van der Waals surface area contributed by atoms with Crippen LogP contribution in [-0.2, 0) is 4.79 Å². The molecule has 0 saturated carbocycles. The zero-order valence-corrected chi connectivity index (χ0v) is 11.3. The van der Waals surface area contributed by atoms with Crippen LogP contribution >= 0.6 is 0 Å². The van der Waals surface area contributed by atoms with Crippen molar-refractivity contribution >= 4 is 5.97 Å². The molecule has 0 aromatic rings. The SMILES string of the molecule is CCC(C)(CCC(=O)O)CCC(C)CCC#N. The molecule has 0 aliphatic heterocycles.